The number of benzene rings is 1. The second kappa shape index (κ2) is 6.34. The standard InChI is InChI=1S/C15H16BrF2N3O/c16-11-2-1-10-7-13(19-12(10)8-11)15(22)21-5-3-20(4-6-21)9-14(17)18/h1-2,7-8,14,19H,3-6,9H2. The zero-order valence-electron chi connectivity index (χ0n) is 11.9. The maximum atomic E-state index is 12.5. The summed E-state index contributed by atoms with van der Waals surface area (Å²) >= 11 is 3.40. The molecule has 1 aliphatic rings. The van der Waals surface area contributed by atoms with Gasteiger partial charge in [0, 0.05) is 41.6 Å². The van der Waals surface area contributed by atoms with Gasteiger partial charge in [0.25, 0.3) is 12.3 Å². The highest BCUT2D eigenvalue weighted by Gasteiger charge is 2.24. The summed E-state index contributed by atoms with van der Waals surface area (Å²) in [5.74, 6) is -0.0796. The number of aromatic amines is 1. The van der Waals surface area contributed by atoms with Crippen LogP contribution in [0.1, 0.15) is 10.5 Å². The average Bonchev–Trinajstić information content (AvgIpc) is 2.89. The van der Waals surface area contributed by atoms with Crippen molar-refractivity contribution in [3.63, 3.8) is 0 Å². The van der Waals surface area contributed by atoms with Crippen molar-refractivity contribution in [1.82, 2.24) is 14.8 Å². The summed E-state index contributed by atoms with van der Waals surface area (Å²) in [4.78, 5) is 19.0. The Kier molecular flexibility index (Phi) is 4.44. The van der Waals surface area contributed by atoms with Crippen molar-refractivity contribution in [2.75, 3.05) is 32.7 Å². The highest BCUT2D eigenvalue weighted by atomic mass is 79.9. The lowest BCUT2D eigenvalue weighted by Crippen LogP contribution is -2.49. The average molecular weight is 372 g/mol. The van der Waals surface area contributed by atoms with Crippen LogP contribution in [0.4, 0.5) is 8.78 Å². The first-order chi connectivity index (χ1) is 10.5. The van der Waals surface area contributed by atoms with E-state index in [1.54, 1.807) is 9.80 Å². The van der Waals surface area contributed by atoms with Gasteiger partial charge in [-0.25, -0.2) is 8.78 Å². The molecule has 0 atom stereocenters. The summed E-state index contributed by atoms with van der Waals surface area (Å²) in [7, 11) is 0. The zero-order chi connectivity index (χ0) is 15.7. The Hall–Kier alpha value is -1.47. The Bertz CT molecular complexity index is 680. The van der Waals surface area contributed by atoms with Crippen molar-refractivity contribution in [3.8, 4) is 0 Å². The van der Waals surface area contributed by atoms with Gasteiger partial charge in [0.15, 0.2) is 0 Å². The van der Waals surface area contributed by atoms with Gasteiger partial charge in [0.1, 0.15) is 5.69 Å². The van der Waals surface area contributed by atoms with Crippen LogP contribution in [-0.4, -0.2) is 59.8 Å². The Balaban J connectivity index is 1.68. The van der Waals surface area contributed by atoms with Crippen LogP contribution in [0.2, 0.25) is 0 Å². The van der Waals surface area contributed by atoms with Crippen molar-refractivity contribution in [3.05, 3.63) is 34.4 Å². The molecule has 1 aromatic carbocycles. The summed E-state index contributed by atoms with van der Waals surface area (Å²) < 4.78 is 25.7. The van der Waals surface area contributed by atoms with Gasteiger partial charge < -0.3 is 9.88 Å². The van der Waals surface area contributed by atoms with Crippen LogP contribution in [0.25, 0.3) is 10.9 Å². The molecule has 0 spiro atoms. The highest BCUT2D eigenvalue weighted by molar-refractivity contribution is 9.10. The third-order valence-corrected chi connectivity index (χ3v) is 4.36. The number of halogens is 3. The second-order valence-electron chi connectivity index (χ2n) is 5.40. The molecule has 1 amide bonds. The molecule has 1 aromatic heterocycles. The van der Waals surface area contributed by atoms with Crippen LogP contribution in [0.5, 0.6) is 0 Å². The SMILES string of the molecule is O=C(c1cc2ccc(Br)cc2[nH]1)N1CCN(CC(F)F)CC1. The van der Waals surface area contributed by atoms with E-state index in [0.717, 1.165) is 15.4 Å². The number of carbonyl (C=O) groups excluding carboxylic acids is 1. The van der Waals surface area contributed by atoms with Crippen LogP contribution < -0.4 is 0 Å². The minimum absolute atomic E-state index is 0.0796. The predicted octanol–water partition coefficient (Wildman–Crippen LogP) is 2.95. The molecule has 2 aromatic rings. The van der Waals surface area contributed by atoms with E-state index >= 15 is 0 Å². The van der Waals surface area contributed by atoms with Gasteiger partial charge in [0.2, 0.25) is 0 Å². The molecule has 118 valence electrons. The monoisotopic (exact) mass is 371 g/mol. The maximum Gasteiger partial charge on any atom is 0.270 e. The minimum Gasteiger partial charge on any atom is -0.350 e. The molecule has 1 N–H and O–H groups in total. The summed E-state index contributed by atoms with van der Waals surface area (Å²) in [5.41, 5.74) is 1.43. The number of rotatable bonds is 3. The van der Waals surface area contributed by atoms with Crippen molar-refractivity contribution >= 4 is 32.7 Å². The molecule has 22 heavy (non-hydrogen) atoms. The molecular formula is C15H16BrF2N3O. The largest absolute Gasteiger partial charge is 0.350 e. The van der Waals surface area contributed by atoms with Gasteiger partial charge in [-0.3, -0.25) is 9.69 Å². The van der Waals surface area contributed by atoms with E-state index in [2.05, 4.69) is 20.9 Å². The number of aromatic nitrogens is 1. The third kappa shape index (κ3) is 3.30. The number of hydrogen-bond donors (Lipinski definition) is 1. The molecule has 0 aliphatic carbocycles. The van der Waals surface area contributed by atoms with Crippen LogP contribution in [0.3, 0.4) is 0 Å². The lowest BCUT2D eigenvalue weighted by atomic mass is 10.2. The summed E-state index contributed by atoms with van der Waals surface area (Å²) in [6.07, 6.45) is -2.32. The van der Waals surface area contributed by atoms with E-state index in [9.17, 15) is 13.6 Å². The number of nitrogens with zero attached hydrogens (tertiary/aromatic N) is 2. The molecular weight excluding hydrogens is 356 g/mol. The lowest BCUT2D eigenvalue weighted by Gasteiger charge is -2.34. The molecule has 7 heteroatoms. The van der Waals surface area contributed by atoms with Crippen LogP contribution in [0, 0.1) is 0 Å². The predicted molar refractivity (Wildman–Crippen MR) is 84.3 cm³/mol. The van der Waals surface area contributed by atoms with Crippen LogP contribution in [-0.2, 0) is 0 Å². The molecule has 2 heterocycles. The van der Waals surface area contributed by atoms with Gasteiger partial charge in [0.05, 0.1) is 6.54 Å². The minimum atomic E-state index is -2.32. The fraction of sp³-hybridized carbons (Fsp3) is 0.400. The Morgan fingerprint density at radius 2 is 1.95 bits per heavy atom. The molecule has 1 saturated heterocycles. The molecule has 0 saturated carbocycles. The van der Waals surface area contributed by atoms with E-state index in [4.69, 9.17) is 0 Å². The first-order valence-electron chi connectivity index (χ1n) is 7.11. The van der Waals surface area contributed by atoms with Gasteiger partial charge in [-0.05, 0) is 18.2 Å². The van der Waals surface area contributed by atoms with Crippen LogP contribution >= 0.6 is 15.9 Å². The van der Waals surface area contributed by atoms with Crippen molar-refractivity contribution < 1.29 is 13.6 Å². The number of fused-ring (bicyclic) bond motifs is 1. The number of piperazine rings is 1. The number of carbonyl (C=O) groups is 1. The first kappa shape index (κ1) is 15.4. The number of amides is 1. The molecule has 0 bridgehead atoms. The molecule has 0 unspecified atom stereocenters. The van der Waals surface area contributed by atoms with E-state index in [-0.39, 0.29) is 12.5 Å². The van der Waals surface area contributed by atoms with E-state index in [1.807, 2.05) is 24.3 Å². The maximum absolute atomic E-state index is 12.5. The Labute approximate surface area is 135 Å². The van der Waals surface area contributed by atoms with Gasteiger partial charge >= 0.3 is 0 Å². The molecule has 3 rings (SSSR count). The highest BCUT2D eigenvalue weighted by Crippen LogP contribution is 2.21. The molecule has 4 nitrogen and oxygen atoms in total. The number of H-pyrrole nitrogens is 1. The normalized spacial score (nSPS) is 16.6. The third-order valence-electron chi connectivity index (χ3n) is 3.87. The molecule has 0 radical (unpaired) electrons. The topological polar surface area (TPSA) is 39.3 Å². The van der Waals surface area contributed by atoms with Crippen molar-refractivity contribution in [2.24, 2.45) is 0 Å². The van der Waals surface area contributed by atoms with Gasteiger partial charge in [-0.2, -0.15) is 0 Å². The molecule has 1 fully saturated rings. The smallest absolute Gasteiger partial charge is 0.270 e. The van der Waals surface area contributed by atoms with Crippen molar-refractivity contribution in [1.29, 1.82) is 0 Å². The summed E-state index contributed by atoms with van der Waals surface area (Å²) in [5, 5.41) is 0.975. The molecule has 1 aliphatic heterocycles. The fourth-order valence-electron chi connectivity index (χ4n) is 2.71. The fourth-order valence-corrected chi connectivity index (χ4v) is 3.07. The zero-order valence-corrected chi connectivity index (χ0v) is 13.4. The van der Waals surface area contributed by atoms with Crippen LogP contribution in [0.15, 0.2) is 28.7 Å². The second-order valence-corrected chi connectivity index (χ2v) is 6.31. The van der Waals surface area contributed by atoms with Crippen molar-refractivity contribution in [2.45, 2.75) is 6.43 Å². The van der Waals surface area contributed by atoms with Gasteiger partial charge in [-0.15, -0.1) is 0 Å². The van der Waals surface area contributed by atoms with E-state index in [1.165, 1.54) is 0 Å². The summed E-state index contributed by atoms with van der Waals surface area (Å²) in [6.45, 7) is 1.71. The number of alkyl halides is 2. The lowest BCUT2D eigenvalue weighted by molar-refractivity contribution is 0.0456. The Morgan fingerprint density at radius 1 is 1.23 bits per heavy atom. The number of hydrogen-bond acceptors (Lipinski definition) is 2. The Morgan fingerprint density at radius 3 is 2.64 bits per heavy atom. The first-order valence-corrected chi connectivity index (χ1v) is 7.90. The number of nitrogens with one attached hydrogen (secondary N) is 1. The van der Waals surface area contributed by atoms with Gasteiger partial charge in [-0.1, -0.05) is 22.0 Å². The summed E-state index contributed by atoms with van der Waals surface area (Å²) in [6, 6.07) is 7.61. The quantitative estimate of drug-likeness (QED) is 0.900. The van der Waals surface area contributed by atoms with E-state index in [0.29, 0.717) is 31.9 Å². The van der Waals surface area contributed by atoms with E-state index < -0.39 is 6.43 Å².